The molecule has 2 nitrogen and oxygen atoms in total. The molecule has 0 atom stereocenters. The number of hydrogen-bond acceptors (Lipinski definition) is 2. The van der Waals surface area contributed by atoms with Crippen LogP contribution >= 0.6 is 12.6 Å². The minimum absolute atomic E-state index is 0.0943. The molecule has 0 radical (unpaired) electrons. The monoisotopic (exact) mass is 176 g/mol. The van der Waals surface area contributed by atoms with E-state index in [4.69, 9.17) is 5.84 Å². The Labute approximate surface area is 71.8 Å². The molecule has 0 amide bonds. The van der Waals surface area contributed by atoms with E-state index < -0.39 is 0 Å². The Morgan fingerprint density at radius 2 is 2.36 bits per heavy atom. The van der Waals surface area contributed by atoms with Crippen LogP contribution in [-0.4, -0.2) is 5.04 Å². The van der Waals surface area contributed by atoms with E-state index in [2.05, 4.69) is 17.7 Å². The van der Waals surface area contributed by atoms with Gasteiger partial charge in [0.2, 0.25) is 0 Å². The van der Waals surface area contributed by atoms with Crippen molar-refractivity contribution in [3.8, 4) is 0 Å². The van der Waals surface area contributed by atoms with Gasteiger partial charge in [-0.05, 0) is 12.8 Å². The summed E-state index contributed by atoms with van der Waals surface area (Å²) in [7, 11) is 0. The SMILES string of the molecule is CC/C(F)=C\CC/C(S)=N/N. The molecular weight excluding hydrogens is 163 g/mol. The second-order valence-electron chi connectivity index (χ2n) is 2.09. The average molecular weight is 176 g/mol. The first-order chi connectivity index (χ1) is 5.20. The quantitative estimate of drug-likeness (QED) is 0.223. The summed E-state index contributed by atoms with van der Waals surface area (Å²) in [6.07, 6.45) is 3.19. The normalized spacial score (nSPS) is 13.7. The third-order valence-corrected chi connectivity index (χ3v) is 1.56. The fourth-order valence-electron chi connectivity index (χ4n) is 0.567. The third kappa shape index (κ3) is 5.91. The number of rotatable bonds is 4. The number of allylic oxidation sites excluding steroid dienone is 2. The lowest BCUT2D eigenvalue weighted by molar-refractivity contribution is 0.598. The maximum Gasteiger partial charge on any atom is 0.0957 e. The summed E-state index contributed by atoms with van der Waals surface area (Å²) in [5.74, 6) is 4.82. The van der Waals surface area contributed by atoms with Crippen LogP contribution in [0.3, 0.4) is 0 Å². The molecule has 0 saturated carbocycles. The highest BCUT2D eigenvalue weighted by atomic mass is 32.1. The molecule has 0 rings (SSSR count). The van der Waals surface area contributed by atoms with E-state index in [-0.39, 0.29) is 5.83 Å². The van der Waals surface area contributed by atoms with E-state index >= 15 is 0 Å². The first kappa shape index (κ1) is 10.5. The van der Waals surface area contributed by atoms with Crippen LogP contribution in [-0.2, 0) is 0 Å². The first-order valence-electron chi connectivity index (χ1n) is 3.51. The van der Waals surface area contributed by atoms with Crippen molar-refractivity contribution in [2.45, 2.75) is 26.2 Å². The first-order valence-corrected chi connectivity index (χ1v) is 3.95. The van der Waals surface area contributed by atoms with Crippen molar-refractivity contribution in [2.24, 2.45) is 10.9 Å². The fraction of sp³-hybridized carbons (Fsp3) is 0.571. The smallest absolute Gasteiger partial charge is 0.0957 e. The number of hydrogen-bond donors (Lipinski definition) is 2. The minimum Gasteiger partial charge on any atom is -0.323 e. The van der Waals surface area contributed by atoms with Crippen LogP contribution in [0.15, 0.2) is 17.0 Å². The molecule has 0 spiro atoms. The Balaban J connectivity index is 3.56. The molecule has 0 fully saturated rings. The van der Waals surface area contributed by atoms with Crippen molar-refractivity contribution in [3.05, 3.63) is 11.9 Å². The highest BCUT2D eigenvalue weighted by Crippen LogP contribution is 2.05. The Morgan fingerprint density at radius 1 is 1.73 bits per heavy atom. The number of thiol groups is 1. The number of halogens is 1. The highest BCUT2D eigenvalue weighted by Gasteiger charge is 1.91. The number of hydrazone groups is 1. The topological polar surface area (TPSA) is 38.4 Å². The predicted molar refractivity (Wildman–Crippen MR) is 49.3 cm³/mol. The number of nitrogens with two attached hydrogens (primary N) is 1. The van der Waals surface area contributed by atoms with Gasteiger partial charge in [-0.2, -0.15) is 5.10 Å². The summed E-state index contributed by atoms with van der Waals surface area (Å²) in [6.45, 7) is 1.77. The van der Waals surface area contributed by atoms with Crippen molar-refractivity contribution in [1.82, 2.24) is 0 Å². The highest BCUT2D eigenvalue weighted by molar-refractivity contribution is 7.97. The molecule has 0 aliphatic carbocycles. The zero-order valence-corrected chi connectivity index (χ0v) is 7.44. The van der Waals surface area contributed by atoms with Gasteiger partial charge in [-0.3, -0.25) is 0 Å². The molecule has 0 aliphatic heterocycles. The van der Waals surface area contributed by atoms with Gasteiger partial charge in [0.05, 0.1) is 10.9 Å². The molecular formula is C7H13FN2S. The lowest BCUT2D eigenvalue weighted by Gasteiger charge is -1.93. The van der Waals surface area contributed by atoms with Crippen LogP contribution in [0.5, 0.6) is 0 Å². The van der Waals surface area contributed by atoms with Gasteiger partial charge in [-0.25, -0.2) is 4.39 Å². The summed E-state index contributed by atoms with van der Waals surface area (Å²) in [5, 5.41) is 3.89. The summed E-state index contributed by atoms with van der Waals surface area (Å²) < 4.78 is 12.5. The molecule has 0 unspecified atom stereocenters. The van der Waals surface area contributed by atoms with E-state index in [0.717, 1.165) is 0 Å². The fourth-order valence-corrected chi connectivity index (χ4v) is 0.696. The van der Waals surface area contributed by atoms with Crippen molar-refractivity contribution >= 4 is 17.7 Å². The zero-order valence-electron chi connectivity index (χ0n) is 6.55. The largest absolute Gasteiger partial charge is 0.323 e. The van der Waals surface area contributed by atoms with Crippen molar-refractivity contribution in [1.29, 1.82) is 0 Å². The summed E-state index contributed by atoms with van der Waals surface area (Å²) >= 11 is 3.94. The summed E-state index contributed by atoms with van der Waals surface area (Å²) in [5.41, 5.74) is 0. The van der Waals surface area contributed by atoms with Crippen LogP contribution in [0.25, 0.3) is 0 Å². The minimum atomic E-state index is -0.0943. The third-order valence-electron chi connectivity index (χ3n) is 1.22. The zero-order chi connectivity index (χ0) is 8.69. The average Bonchev–Trinajstić information content (AvgIpc) is 2.04. The van der Waals surface area contributed by atoms with Crippen molar-refractivity contribution < 1.29 is 4.39 Å². The Bertz CT molecular complexity index is 166. The molecule has 0 bridgehead atoms. The van der Waals surface area contributed by atoms with E-state index in [1.54, 1.807) is 6.92 Å². The molecule has 4 heteroatoms. The molecule has 0 aliphatic rings. The van der Waals surface area contributed by atoms with Gasteiger partial charge in [-0.1, -0.05) is 13.0 Å². The van der Waals surface area contributed by atoms with Gasteiger partial charge in [0.25, 0.3) is 0 Å². The molecule has 0 aromatic heterocycles. The lowest BCUT2D eigenvalue weighted by Crippen LogP contribution is -1.91. The van der Waals surface area contributed by atoms with Gasteiger partial charge in [0.1, 0.15) is 0 Å². The van der Waals surface area contributed by atoms with E-state index in [0.29, 0.717) is 24.3 Å². The van der Waals surface area contributed by atoms with Crippen LogP contribution in [0, 0.1) is 0 Å². The number of nitrogens with zero attached hydrogens (tertiary/aromatic N) is 1. The van der Waals surface area contributed by atoms with E-state index in [1.165, 1.54) is 6.08 Å². The van der Waals surface area contributed by atoms with Gasteiger partial charge in [0.15, 0.2) is 0 Å². The molecule has 64 valence electrons. The predicted octanol–water partition coefficient (Wildman–Crippen LogP) is 2.23. The van der Waals surface area contributed by atoms with E-state index in [9.17, 15) is 4.39 Å². The molecule has 0 aromatic carbocycles. The standard InChI is InChI=1S/C7H13FN2S/c1-2-6(8)4-3-5-7(11)10-9/h4H,2-3,5,9H2,1H3,(H,10,11)/b6-4+. The lowest BCUT2D eigenvalue weighted by atomic mass is 10.3. The van der Waals surface area contributed by atoms with Crippen LogP contribution in [0.4, 0.5) is 4.39 Å². The van der Waals surface area contributed by atoms with E-state index in [1.807, 2.05) is 0 Å². The van der Waals surface area contributed by atoms with Crippen LogP contribution in [0.1, 0.15) is 26.2 Å². The van der Waals surface area contributed by atoms with Gasteiger partial charge in [-0.15, -0.1) is 12.6 Å². The Hall–Kier alpha value is -0.510. The molecule has 0 heterocycles. The summed E-state index contributed by atoms with van der Waals surface area (Å²) in [4.78, 5) is 0. The van der Waals surface area contributed by atoms with Gasteiger partial charge >= 0.3 is 0 Å². The second kappa shape index (κ2) is 6.22. The van der Waals surface area contributed by atoms with Crippen LogP contribution < -0.4 is 5.84 Å². The molecule has 0 saturated heterocycles. The van der Waals surface area contributed by atoms with Gasteiger partial charge in [0, 0.05) is 6.42 Å². The molecule has 11 heavy (non-hydrogen) atoms. The van der Waals surface area contributed by atoms with Crippen molar-refractivity contribution in [3.63, 3.8) is 0 Å². The molecule has 0 aromatic rings. The summed E-state index contributed by atoms with van der Waals surface area (Å²) in [6, 6.07) is 0. The maximum absolute atomic E-state index is 12.5. The van der Waals surface area contributed by atoms with Crippen LogP contribution in [0.2, 0.25) is 0 Å². The molecule has 2 N–H and O–H groups in total. The Morgan fingerprint density at radius 3 is 2.82 bits per heavy atom. The maximum atomic E-state index is 12.5. The second-order valence-corrected chi connectivity index (χ2v) is 2.60. The van der Waals surface area contributed by atoms with Gasteiger partial charge < -0.3 is 5.84 Å². The Kier molecular flexibility index (Phi) is 5.93. The van der Waals surface area contributed by atoms with Crippen molar-refractivity contribution in [2.75, 3.05) is 0 Å².